The van der Waals surface area contributed by atoms with Crippen LogP contribution >= 0.6 is 11.3 Å². The third-order valence-corrected chi connectivity index (χ3v) is 7.59. The summed E-state index contributed by atoms with van der Waals surface area (Å²) < 4.78 is 30.0. The van der Waals surface area contributed by atoms with Crippen LogP contribution in [-0.4, -0.2) is 44.6 Å². The Hall–Kier alpha value is -2.49. The molecular weight excluding hydrogens is 448 g/mol. The second-order valence-corrected chi connectivity index (χ2v) is 11.4. The van der Waals surface area contributed by atoms with Crippen molar-refractivity contribution in [2.24, 2.45) is 5.92 Å². The van der Waals surface area contributed by atoms with Gasteiger partial charge in [-0.1, -0.05) is 6.92 Å². The molecule has 0 radical (unpaired) electrons. The summed E-state index contributed by atoms with van der Waals surface area (Å²) in [6, 6.07) is 8.93. The number of carbonyl (C=O) groups excluding carboxylic acids is 2. The van der Waals surface area contributed by atoms with Crippen LogP contribution in [0.1, 0.15) is 49.5 Å². The van der Waals surface area contributed by atoms with E-state index in [2.05, 4.69) is 16.6 Å². The SMILES string of the molecule is CC1CCc2[nH]c3ccc(C(=O)OCC(=O)c4ccc(CCNS(C)(=O)=O)s4)cc3c2C1. The molecule has 2 aromatic heterocycles. The van der Waals surface area contributed by atoms with Crippen molar-refractivity contribution in [2.45, 2.75) is 32.6 Å². The van der Waals surface area contributed by atoms with Gasteiger partial charge in [0.1, 0.15) is 0 Å². The summed E-state index contributed by atoms with van der Waals surface area (Å²) in [5, 5.41) is 1.05. The molecule has 0 amide bonds. The third kappa shape index (κ3) is 5.28. The van der Waals surface area contributed by atoms with Crippen molar-refractivity contribution in [2.75, 3.05) is 19.4 Å². The first kappa shape index (κ1) is 22.7. The van der Waals surface area contributed by atoms with Crippen molar-refractivity contribution in [1.82, 2.24) is 9.71 Å². The molecule has 1 aliphatic rings. The number of esters is 1. The van der Waals surface area contributed by atoms with E-state index in [9.17, 15) is 18.0 Å². The molecule has 1 aromatic carbocycles. The number of sulfonamides is 1. The number of aryl methyl sites for hydroxylation is 1. The minimum absolute atomic E-state index is 0.270. The number of hydrogen-bond donors (Lipinski definition) is 2. The summed E-state index contributed by atoms with van der Waals surface area (Å²) in [6.07, 6.45) is 4.77. The Kier molecular flexibility index (Phi) is 6.50. The Labute approximate surface area is 191 Å². The zero-order chi connectivity index (χ0) is 22.9. The van der Waals surface area contributed by atoms with E-state index >= 15 is 0 Å². The molecule has 170 valence electrons. The molecule has 32 heavy (non-hydrogen) atoms. The topological polar surface area (TPSA) is 105 Å². The van der Waals surface area contributed by atoms with Gasteiger partial charge in [0.15, 0.2) is 6.61 Å². The summed E-state index contributed by atoms with van der Waals surface area (Å²) in [6.45, 7) is 2.18. The van der Waals surface area contributed by atoms with E-state index in [0.29, 0.717) is 22.8 Å². The van der Waals surface area contributed by atoms with Crippen molar-refractivity contribution < 1.29 is 22.7 Å². The van der Waals surface area contributed by atoms with Crippen LogP contribution in [0.25, 0.3) is 10.9 Å². The van der Waals surface area contributed by atoms with Gasteiger partial charge in [0.25, 0.3) is 0 Å². The predicted molar refractivity (Wildman–Crippen MR) is 125 cm³/mol. The maximum Gasteiger partial charge on any atom is 0.338 e. The molecule has 0 bridgehead atoms. The number of H-pyrrole nitrogens is 1. The summed E-state index contributed by atoms with van der Waals surface area (Å²) in [4.78, 5) is 29.8. The molecule has 1 aliphatic carbocycles. The van der Waals surface area contributed by atoms with Gasteiger partial charge in [0.2, 0.25) is 15.8 Å². The van der Waals surface area contributed by atoms with Crippen molar-refractivity contribution in [1.29, 1.82) is 0 Å². The first-order valence-electron chi connectivity index (χ1n) is 10.6. The Balaban J connectivity index is 1.37. The fraction of sp³-hybridized carbons (Fsp3) is 0.391. The molecule has 1 atom stereocenters. The molecule has 0 fully saturated rings. The fourth-order valence-corrected chi connectivity index (χ4v) is 5.43. The fourth-order valence-electron chi connectivity index (χ4n) is 4.03. The summed E-state index contributed by atoms with van der Waals surface area (Å²) in [5.41, 5.74) is 3.98. The van der Waals surface area contributed by atoms with Crippen molar-refractivity contribution in [3.05, 3.63) is 56.9 Å². The molecule has 1 unspecified atom stereocenters. The lowest BCUT2D eigenvalue weighted by Gasteiger charge is -2.18. The first-order chi connectivity index (χ1) is 15.2. The van der Waals surface area contributed by atoms with Gasteiger partial charge in [-0.15, -0.1) is 11.3 Å². The lowest BCUT2D eigenvalue weighted by molar-refractivity contribution is 0.0476. The number of aromatic nitrogens is 1. The highest BCUT2D eigenvalue weighted by atomic mass is 32.2. The van der Waals surface area contributed by atoms with Crippen LogP contribution in [0, 0.1) is 5.92 Å². The predicted octanol–water partition coefficient (Wildman–Crippen LogP) is 3.49. The van der Waals surface area contributed by atoms with Gasteiger partial charge in [0, 0.05) is 28.0 Å². The molecule has 2 N–H and O–H groups in total. The average molecular weight is 475 g/mol. The smallest absolute Gasteiger partial charge is 0.338 e. The Morgan fingerprint density at radius 2 is 2.06 bits per heavy atom. The van der Waals surface area contributed by atoms with Gasteiger partial charge in [-0.3, -0.25) is 4.79 Å². The second-order valence-electron chi connectivity index (χ2n) is 8.37. The van der Waals surface area contributed by atoms with E-state index in [1.807, 2.05) is 12.1 Å². The Morgan fingerprint density at radius 1 is 1.25 bits per heavy atom. The minimum Gasteiger partial charge on any atom is -0.454 e. The van der Waals surface area contributed by atoms with Crippen LogP contribution in [0.5, 0.6) is 0 Å². The molecule has 4 rings (SSSR count). The van der Waals surface area contributed by atoms with E-state index < -0.39 is 16.0 Å². The second kappa shape index (κ2) is 9.17. The highest BCUT2D eigenvalue weighted by Gasteiger charge is 2.21. The number of benzene rings is 1. The zero-order valence-corrected chi connectivity index (χ0v) is 19.7. The molecule has 3 aromatic rings. The molecule has 7 nitrogen and oxygen atoms in total. The van der Waals surface area contributed by atoms with E-state index in [1.165, 1.54) is 22.6 Å². The van der Waals surface area contributed by atoms with Crippen LogP contribution in [-0.2, 0) is 34.0 Å². The molecule has 2 heterocycles. The van der Waals surface area contributed by atoms with Crippen LogP contribution < -0.4 is 4.72 Å². The lowest BCUT2D eigenvalue weighted by Crippen LogP contribution is -2.24. The largest absolute Gasteiger partial charge is 0.454 e. The highest BCUT2D eigenvalue weighted by Crippen LogP contribution is 2.32. The Morgan fingerprint density at radius 3 is 2.84 bits per heavy atom. The number of thiophene rings is 1. The number of fused-ring (bicyclic) bond motifs is 3. The van der Waals surface area contributed by atoms with Crippen molar-refractivity contribution >= 4 is 44.0 Å². The average Bonchev–Trinajstić information content (AvgIpc) is 3.35. The maximum absolute atomic E-state index is 12.6. The highest BCUT2D eigenvalue weighted by molar-refractivity contribution is 7.88. The molecule has 0 spiro atoms. The first-order valence-corrected chi connectivity index (χ1v) is 13.3. The number of Topliss-reactive ketones (excluding diaryl/α,β-unsaturated/α-hetero) is 1. The van der Waals surface area contributed by atoms with Crippen LogP contribution in [0.3, 0.4) is 0 Å². The summed E-state index contributed by atoms with van der Waals surface area (Å²) >= 11 is 1.28. The van der Waals surface area contributed by atoms with Gasteiger partial charge < -0.3 is 9.72 Å². The number of nitrogens with one attached hydrogen (secondary N) is 2. The number of rotatable bonds is 8. The Bertz CT molecular complexity index is 1270. The van der Waals surface area contributed by atoms with Crippen LogP contribution in [0.15, 0.2) is 30.3 Å². The van der Waals surface area contributed by atoms with E-state index in [0.717, 1.165) is 41.3 Å². The maximum atomic E-state index is 12.6. The molecule has 9 heteroatoms. The van der Waals surface area contributed by atoms with E-state index in [-0.39, 0.29) is 18.9 Å². The lowest BCUT2D eigenvalue weighted by atomic mass is 9.87. The summed E-state index contributed by atoms with van der Waals surface area (Å²) in [5.74, 6) is -0.180. The van der Waals surface area contributed by atoms with Gasteiger partial charge in [-0.2, -0.15) is 0 Å². The van der Waals surface area contributed by atoms with Crippen LogP contribution in [0.2, 0.25) is 0 Å². The van der Waals surface area contributed by atoms with Crippen LogP contribution in [0.4, 0.5) is 0 Å². The van der Waals surface area contributed by atoms with Gasteiger partial charge in [-0.25, -0.2) is 17.9 Å². The van der Waals surface area contributed by atoms with Gasteiger partial charge >= 0.3 is 5.97 Å². The molecule has 0 aliphatic heterocycles. The van der Waals surface area contributed by atoms with Gasteiger partial charge in [0.05, 0.1) is 16.7 Å². The standard InChI is InChI=1S/C23H26N2O5S2/c1-14-3-6-19-17(11-14)18-12-15(4-7-20(18)25-19)23(27)30-13-21(26)22-8-5-16(31-22)9-10-24-32(2,28)29/h4-5,7-8,12,14,24-25H,3,6,9-11,13H2,1-2H3. The van der Waals surface area contributed by atoms with Crippen molar-refractivity contribution in [3.63, 3.8) is 0 Å². The molecule has 0 saturated heterocycles. The number of ether oxygens (including phenoxy) is 1. The number of carbonyl (C=O) groups is 2. The number of aromatic amines is 1. The number of hydrogen-bond acceptors (Lipinski definition) is 6. The van der Waals surface area contributed by atoms with E-state index in [4.69, 9.17) is 4.74 Å². The third-order valence-electron chi connectivity index (χ3n) is 5.68. The van der Waals surface area contributed by atoms with Crippen molar-refractivity contribution in [3.8, 4) is 0 Å². The summed E-state index contributed by atoms with van der Waals surface area (Å²) in [7, 11) is -3.24. The molecule has 0 saturated carbocycles. The molecular formula is C23H26N2O5S2. The monoisotopic (exact) mass is 474 g/mol. The zero-order valence-electron chi connectivity index (χ0n) is 18.1. The van der Waals surface area contributed by atoms with Gasteiger partial charge in [-0.05, 0) is 67.5 Å². The minimum atomic E-state index is -3.24. The number of ketones is 1. The van der Waals surface area contributed by atoms with E-state index in [1.54, 1.807) is 18.2 Å². The quantitative estimate of drug-likeness (QED) is 0.384. The normalized spacial score (nSPS) is 16.1.